The van der Waals surface area contributed by atoms with Crippen LogP contribution in [-0.4, -0.2) is 21.0 Å². The average molecular weight is 240 g/mol. The second-order valence-electron chi connectivity index (χ2n) is 4.00. The standard InChI is InChI=1S/C12H16O3S/c1-8-4-9(2)11(10(3)5-8)6-16(15)7-12(13)14/h4-5H,6-7H2,1-3H3,(H,13,14). The van der Waals surface area contributed by atoms with Crippen LogP contribution in [0.25, 0.3) is 0 Å². The van der Waals surface area contributed by atoms with Crippen LogP contribution in [0, 0.1) is 20.8 Å². The van der Waals surface area contributed by atoms with Gasteiger partial charge in [-0.3, -0.25) is 9.00 Å². The van der Waals surface area contributed by atoms with Crippen LogP contribution < -0.4 is 0 Å². The predicted octanol–water partition coefficient (Wildman–Crippen LogP) is 1.95. The number of aliphatic carboxylic acids is 1. The Balaban J connectivity index is 2.89. The summed E-state index contributed by atoms with van der Waals surface area (Å²) in [6, 6.07) is 4.06. The molecule has 0 bridgehead atoms. The molecule has 1 aromatic carbocycles. The minimum absolute atomic E-state index is 0.285. The Hall–Kier alpha value is -1.16. The van der Waals surface area contributed by atoms with Crippen molar-refractivity contribution in [2.45, 2.75) is 26.5 Å². The molecule has 16 heavy (non-hydrogen) atoms. The SMILES string of the molecule is Cc1cc(C)c(CS(=O)CC(=O)O)c(C)c1. The number of carboxylic acid groups (broad SMARTS) is 1. The van der Waals surface area contributed by atoms with E-state index in [1.807, 2.05) is 32.9 Å². The van der Waals surface area contributed by atoms with Gasteiger partial charge in [-0.05, 0) is 37.5 Å². The molecule has 88 valence electrons. The van der Waals surface area contributed by atoms with E-state index in [9.17, 15) is 9.00 Å². The van der Waals surface area contributed by atoms with E-state index in [2.05, 4.69) is 0 Å². The molecular weight excluding hydrogens is 224 g/mol. The van der Waals surface area contributed by atoms with Gasteiger partial charge >= 0.3 is 5.97 Å². The molecule has 1 rings (SSSR count). The van der Waals surface area contributed by atoms with E-state index >= 15 is 0 Å². The van der Waals surface area contributed by atoms with Crippen LogP contribution in [0.4, 0.5) is 0 Å². The van der Waals surface area contributed by atoms with Crippen LogP contribution in [0.5, 0.6) is 0 Å². The summed E-state index contributed by atoms with van der Waals surface area (Å²) in [4.78, 5) is 10.4. The highest BCUT2D eigenvalue weighted by Gasteiger charge is 2.11. The fourth-order valence-corrected chi connectivity index (χ4v) is 2.94. The van der Waals surface area contributed by atoms with Gasteiger partial charge in [0.1, 0.15) is 5.75 Å². The molecule has 0 spiro atoms. The van der Waals surface area contributed by atoms with Gasteiger partial charge in [0, 0.05) is 16.6 Å². The number of hydrogen-bond acceptors (Lipinski definition) is 2. The van der Waals surface area contributed by atoms with Crippen molar-refractivity contribution in [1.29, 1.82) is 0 Å². The molecule has 0 saturated carbocycles. The molecular formula is C12H16O3S. The van der Waals surface area contributed by atoms with Gasteiger partial charge < -0.3 is 5.11 Å². The number of rotatable bonds is 4. The van der Waals surface area contributed by atoms with Gasteiger partial charge in [0.05, 0.1) is 0 Å². The van der Waals surface area contributed by atoms with Gasteiger partial charge in [0.2, 0.25) is 0 Å². The number of aryl methyl sites for hydroxylation is 3. The van der Waals surface area contributed by atoms with Crippen LogP contribution in [0.15, 0.2) is 12.1 Å². The highest BCUT2D eigenvalue weighted by Crippen LogP contribution is 2.18. The molecule has 1 aromatic rings. The first-order valence-corrected chi connectivity index (χ1v) is 6.52. The fourth-order valence-electron chi connectivity index (χ4n) is 1.79. The Morgan fingerprint density at radius 3 is 2.19 bits per heavy atom. The molecule has 4 heteroatoms. The molecule has 1 unspecified atom stereocenters. The molecule has 0 heterocycles. The smallest absolute Gasteiger partial charge is 0.316 e. The molecule has 1 atom stereocenters. The van der Waals surface area contributed by atoms with E-state index in [0.29, 0.717) is 5.75 Å². The zero-order chi connectivity index (χ0) is 12.3. The third kappa shape index (κ3) is 3.45. The summed E-state index contributed by atoms with van der Waals surface area (Å²) in [7, 11) is -1.33. The van der Waals surface area contributed by atoms with Crippen LogP contribution >= 0.6 is 0 Å². The largest absolute Gasteiger partial charge is 0.481 e. The molecule has 0 radical (unpaired) electrons. The molecule has 0 aromatic heterocycles. The van der Waals surface area contributed by atoms with Gasteiger partial charge in [0.25, 0.3) is 0 Å². The first-order chi connectivity index (χ1) is 7.40. The minimum Gasteiger partial charge on any atom is -0.481 e. The van der Waals surface area contributed by atoms with Crippen molar-refractivity contribution in [1.82, 2.24) is 0 Å². The Bertz CT molecular complexity index is 415. The van der Waals surface area contributed by atoms with Crippen LogP contribution in [0.3, 0.4) is 0 Å². The Labute approximate surface area is 98.0 Å². The third-order valence-corrected chi connectivity index (χ3v) is 3.61. The summed E-state index contributed by atoms with van der Waals surface area (Å²) < 4.78 is 11.5. The van der Waals surface area contributed by atoms with Crippen molar-refractivity contribution in [2.24, 2.45) is 0 Å². The highest BCUT2D eigenvalue weighted by atomic mass is 32.2. The summed E-state index contributed by atoms with van der Waals surface area (Å²) in [6.45, 7) is 5.94. The van der Waals surface area contributed by atoms with Gasteiger partial charge in [-0.15, -0.1) is 0 Å². The number of carboxylic acids is 1. The van der Waals surface area contributed by atoms with E-state index in [-0.39, 0.29) is 5.75 Å². The minimum atomic E-state index is -1.33. The molecule has 0 aliphatic heterocycles. The van der Waals surface area contributed by atoms with E-state index in [4.69, 9.17) is 5.11 Å². The summed E-state index contributed by atoms with van der Waals surface area (Å²) in [5, 5.41) is 8.55. The first-order valence-electron chi connectivity index (χ1n) is 5.03. The van der Waals surface area contributed by atoms with Crippen molar-refractivity contribution in [2.75, 3.05) is 5.75 Å². The molecule has 0 aliphatic rings. The normalized spacial score (nSPS) is 12.4. The fraction of sp³-hybridized carbons (Fsp3) is 0.417. The molecule has 1 N–H and O–H groups in total. The Kier molecular flexibility index (Phi) is 4.24. The predicted molar refractivity (Wildman–Crippen MR) is 65.0 cm³/mol. The summed E-state index contributed by atoms with van der Waals surface area (Å²) in [5.74, 6) is -0.974. The van der Waals surface area contributed by atoms with Crippen molar-refractivity contribution in [3.05, 3.63) is 34.4 Å². The maximum Gasteiger partial charge on any atom is 0.316 e. The van der Waals surface area contributed by atoms with E-state index in [0.717, 1.165) is 16.7 Å². The van der Waals surface area contributed by atoms with Crippen LogP contribution in [-0.2, 0) is 21.3 Å². The number of hydrogen-bond donors (Lipinski definition) is 1. The van der Waals surface area contributed by atoms with Gasteiger partial charge in [-0.2, -0.15) is 0 Å². The Morgan fingerprint density at radius 2 is 1.75 bits per heavy atom. The molecule has 3 nitrogen and oxygen atoms in total. The van der Waals surface area contributed by atoms with Crippen LogP contribution in [0.2, 0.25) is 0 Å². The number of carbonyl (C=O) groups is 1. The van der Waals surface area contributed by atoms with Crippen molar-refractivity contribution in [3.63, 3.8) is 0 Å². The van der Waals surface area contributed by atoms with Crippen molar-refractivity contribution in [3.8, 4) is 0 Å². The molecule has 0 aliphatic carbocycles. The van der Waals surface area contributed by atoms with Crippen molar-refractivity contribution < 1.29 is 14.1 Å². The second kappa shape index (κ2) is 5.25. The molecule has 0 fully saturated rings. The lowest BCUT2D eigenvalue weighted by molar-refractivity contribution is -0.133. The summed E-state index contributed by atoms with van der Waals surface area (Å²) in [6.07, 6.45) is 0. The monoisotopic (exact) mass is 240 g/mol. The lowest BCUT2D eigenvalue weighted by atomic mass is 10.0. The zero-order valence-electron chi connectivity index (χ0n) is 9.74. The number of benzene rings is 1. The maximum absolute atomic E-state index is 11.5. The zero-order valence-corrected chi connectivity index (χ0v) is 10.6. The lowest BCUT2D eigenvalue weighted by Crippen LogP contribution is -2.12. The molecule has 0 amide bonds. The average Bonchev–Trinajstić information content (AvgIpc) is 2.09. The maximum atomic E-state index is 11.5. The van der Waals surface area contributed by atoms with Gasteiger partial charge in [-0.25, -0.2) is 0 Å². The Morgan fingerprint density at radius 1 is 1.25 bits per heavy atom. The topological polar surface area (TPSA) is 54.4 Å². The quantitative estimate of drug-likeness (QED) is 0.875. The van der Waals surface area contributed by atoms with E-state index in [1.54, 1.807) is 0 Å². The third-order valence-electron chi connectivity index (χ3n) is 2.43. The lowest BCUT2D eigenvalue weighted by Gasteiger charge is -2.10. The molecule has 0 saturated heterocycles. The summed E-state index contributed by atoms with van der Waals surface area (Å²) >= 11 is 0. The van der Waals surface area contributed by atoms with E-state index < -0.39 is 16.8 Å². The summed E-state index contributed by atoms with van der Waals surface area (Å²) in [5.41, 5.74) is 4.33. The van der Waals surface area contributed by atoms with E-state index in [1.165, 1.54) is 5.56 Å². The first kappa shape index (κ1) is 12.9. The second-order valence-corrected chi connectivity index (χ2v) is 5.46. The van der Waals surface area contributed by atoms with Crippen molar-refractivity contribution >= 4 is 16.8 Å². The van der Waals surface area contributed by atoms with Crippen LogP contribution in [0.1, 0.15) is 22.3 Å². The van der Waals surface area contributed by atoms with Gasteiger partial charge in [0.15, 0.2) is 0 Å². The highest BCUT2D eigenvalue weighted by molar-refractivity contribution is 7.84. The van der Waals surface area contributed by atoms with Gasteiger partial charge in [-0.1, -0.05) is 17.7 Å².